The molecule has 0 unspecified atom stereocenters. The molecule has 186 valence electrons. The summed E-state index contributed by atoms with van der Waals surface area (Å²) in [5, 5.41) is 0.380. The van der Waals surface area contributed by atoms with E-state index in [1.807, 2.05) is 19.1 Å². The number of halogens is 1. The van der Waals surface area contributed by atoms with Crippen LogP contribution in [0, 0.1) is 6.92 Å². The van der Waals surface area contributed by atoms with Gasteiger partial charge in [0.25, 0.3) is 0 Å². The highest BCUT2D eigenvalue weighted by Gasteiger charge is 2.54. The molecule has 0 aliphatic carbocycles. The Hall–Kier alpha value is -2.81. The summed E-state index contributed by atoms with van der Waals surface area (Å²) in [7, 11) is 1.52. The van der Waals surface area contributed by atoms with E-state index < -0.39 is 5.41 Å². The van der Waals surface area contributed by atoms with E-state index in [9.17, 15) is 14.4 Å². The molecule has 9 heteroatoms. The number of benzene rings is 1. The zero-order valence-electron chi connectivity index (χ0n) is 20.2. The van der Waals surface area contributed by atoms with E-state index in [1.54, 1.807) is 35.4 Å². The topological polar surface area (TPSA) is 83.1 Å². The molecule has 35 heavy (non-hydrogen) atoms. The molecule has 1 aromatic heterocycles. The van der Waals surface area contributed by atoms with Crippen molar-refractivity contribution in [2.24, 2.45) is 0 Å². The van der Waals surface area contributed by atoms with Gasteiger partial charge in [0.05, 0.1) is 24.3 Å². The number of imide groups is 1. The van der Waals surface area contributed by atoms with Crippen molar-refractivity contribution in [3.63, 3.8) is 0 Å². The van der Waals surface area contributed by atoms with Gasteiger partial charge in [-0.2, -0.15) is 0 Å². The molecule has 2 aliphatic heterocycles. The van der Waals surface area contributed by atoms with Crippen molar-refractivity contribution in [3.8, 4) is 0 Å². The van der Waals surface area contributed by atoms with Crippen molar-refractivity contribution in [3.05, 3.63) is 64.4 Å². The van der Waals surface area contributed by atoms with Crippen LogP contribution in [0.5, 0.6) is 0 Å². The van der Waals surface area contributed by atoms with Gasteiger partial charge in [-0.1, -0.05) is 35.9 Å². The van der Waals surface area contributed by atoms with Crippen molar-refractivity contribution < 1.29 is 19.1 Å². The van der Waals surface area contributed by atoms with Crippen molar-refractivity contribution in [2.75, 3.05) is 46.4 Å². The number of rotatable bonds is 8. The Bertz CT molecular complexity index is 1100. The molecule has 2 aromatic rings. The van der Waals surface area contributed by atoms with Gasteiger partial charge in [-0.05, 0) is 30.2 Å². The molecular formula is C26H31ClN4O4. The second kappa shape index (κ2) is 10.8. The lowest BCUT2D eigenvalue weighted by atomic mass is 9.75. The smallest absolute Gasteiger partial charge is 0.241 e. The molecule has 0 bridgehead atoms. The highest BCUT2D eigenvalue weighted by Crippen LogP contribution is 2.43. The largest absolute Gasteiger partial charge is 0.383 e. The van der Waals surface area contributed by atoms with Crippen molar-refractivity contribution >= 4 is 29.3 Å². The Labute approximate surface area is 210 Å². The quantitative estimate of drug-likeness (QED) is 0.520. The summed E-state index contributed by atoms with van der Waals surface area (Å²) in [6, 6.07) is 11.0. The van der Waals surface area contributed by atoms with E-state index in [0.29, 0.717) is 36.8 Å². The first-order valence-corrected chi connectivity index (χ1v) is 12.2. The number of ether oxygens (including phenoxy) is 1. The van der Waals surface area contributed by atoms with Crippen LogP contribution >= 0.6 is 11.6 Å². The first kappa shape index (κ1) is 25.3. The third-order valence-electron chi connectivity index (χ3n) is 6.99. The predicted octanol–water partition coefficient (Wildman–Crippen LogP) is 2.42. The second-order valence-corrected chi connectivity index (χ2v) is 9.59. The van der Waals surface area contributed by atoms with Crippen molar-refractivity contribution in [1.82, 2.24) is 19.7 Å². The molecule has 1 atom stereocenters. The SMILES string of the molecule is COCCN1C(=O)C[C@@](CC(=O)N2CCN(Cc3ncccc3C)CC2)(c2ccccc2Cl)C1=O. The van der Waals surface area contributed by atoms with Gasteiger partial charge in [0, 0.05) is 63.9 Å². The van der Waals surface area contributed by atoms with Crippen LogP contribution in [0.2, 0.25) is 5.02 Å². The summed E-state index contributed by atoms with van der Waals surface area (Å²) in [6.45, 7) is 5.72. The van der Waals surface area contributed by atoms with Crippen LogP contribution in [0.3, 0.4) is 0 Å². The number of methoxy groups -OCH3 is 1. The lowest BCUT2D eigenvalue weighted by Gasteiger charge is -2.37. The third-order valence-corrected chi connectivity index (χ3v) is 7.32. The van der Waals surface area contributed by atoms with Gasteiger partial charge in [0.15, 0.2) is 0 Å². The third kappa shape index (κ3) is 5.24. The molecule has 1 aromatic carbocycles. The number of aromatic nitrogens is 1. The molecule has 0 N–H and O–H groups in total. The van der Waals surface area contributed by atoms with E-state index in [4.69, 9.17) is 16.3 Å². The summed E-state index contributed by atoms with van der Waals surface area (Å²) in [6.07, 6.45) is 1.63. The Morgan fingerprint density at radius 2 is 1.86 bits per heavy atom. The molecule has 2 aliphatic rings. The molecule has 0 saturated carbocycles. The standard InChI is InChI=1S/C26H31ClN4O4/c1-19-6-5-9-28-22(19)18-29-10-12-30(13-11-29)23(32)16-26(20-7-3-4-8-21(20)27)17-24(33)31(25(26)34)14-15-35-2/h3-9H,10-18H2,1-2H3/t26-/m0/s1. The summed E-state index contributed by atoms with van der Waals surface area (Å²) >= 11 is 6.49. The molecule has 4 rings (SSSR count). The van der Waals surface area contributed by atoms with Gasteiger partial charge in [-0.15, -0.1) is 0 Å². The maximum absolute atomic E-state index is 13.6. The number of carbonyl (C=O) groups excluding carboxylic acids is 3. The van der Waals surface area contributed by atoms with Gasteiger partial charge in [0.2, 0.25) is 17.7 Å². The zero-order chi connectivity index (χ0) is 25.0. The highest BCUT2D eigenvalue weighted by atomic mass is 35.5. The van der Waals surface area contributed by atoms with Gasteiger partial charge in [-0.25, -0.2) is 0 Å². The zero-order valence-corrected chi connectivity index (χ0v) is 21.0. The molecular weight excluding hydrogens is 468 g/mol. The van der Waals surface area contributed by atoms with Crippen LogP contribution in [0.4, 0.5) is 0 Å². The fourth-order valence-electron chi connectivity index (χ4n) is 4.92. The molecule has 8 nitrogen and oxygen atoms in total. The first-order valence-electron chi connectivity index (χ1n) is 11.8. The average Bonchev–Trinajstić information content (AvgIpc) is 3.09. The van der Waals surface area contributed by atoms with E-state index >= 15 is 0 Å². The molecule has 3 heterocycles. The Kier molecular flexibility index (Phi) is 7.84. The summed E-state index contributed by atoms with van der Waals surface area (Å²) in [5.74, 6) is -0.839. The van der Waals surface area contributed by atoms with Gasteiger partial charge < -0.3 is 9.64 Å². The fourth-order valence-corrected chi connectivity index (χ4v) is 5.24. The average molecular weight is 499 g/mol. The van der Waals surface area contributed by atoms with E-state index in [1.165, 1.54) is 12.0 Å². The normalized spacial score (nSPS) is 21.1. The molecule has 2 saturated heterocycles. The van der Waals surface area contributed by atoms with Crippen LogP contribution in [0.25, 0.3) is 0 Å². The van der Waals surface area contributed by atoms with Crippen LogP contribution < -0.4 is 0 Å². The van der Waals surface area contributed by atoms with E-state index in [0.717, 1.165) is 17.8 Å². The van der Waals surface area contributed by atoms with Gasteiger partial charge in [-0.3, -0.25) is 29.2 Å². The van der Waals surface area contributed by atoms with Crippen LogP contribution in [0.1, 0.15) is 29.7 Å². The Morgan fingerprint density at radius 1 is 1.11 bits per heavy atom. The van der Waals surface area contributed by atoms with Crippen molar-refractivity contribution in [2.45, 2.75) is 31.7 Å². The number of carbonyl (C=O) groups is 3. The van der Waals surface area contributed by atoms with E-state index in [2.05, 4.69) is 9.88 Å². The van der Waals surface area contributed by atoms with Crippen LogP contribution in [-0.4, -0.2) is 83.8 Å². The second-order valence-electron chi connectivity index (χ2n) is 9.18. The van der Waals surface area contributed by atoms with Crippen LogP contribution in [-0.2, 0) is 31.1 Å². The maximum atomic E-state index is 13.6. The fraction of sp³-hybridized carbons (Fsp3) is 0.462. The predicted molar refractivity (Wildman–Crippen MR) is 132 cm³/mol. The summed E-state index contributed by atoms with van der Waals surface area (Å²) in [5.41, 5.74) is 1.41. The number of likely N-dealkylation sites (tertiary alicyclic amines) is 1. The lowest BCUT2D eigenvalue weighted by molar-refractivity contribution is -0.143. The Balaban J connectivity index is 1.49. The van der Waals surface area contributed by atoms with Crippen LogP contribution in [0.15, 0.2) is 42.6 Å². The highest BCUT2D eigenvalue weighted by molar-refractivity contribution is 6.32. The number of piperazine rings is 1. The van der Waals surface area contributed by atoms with Crippen molar-refractivity contribution in [1.29, 1.82) is 0 Å². The number of hydrogen-bond donors (Lipinski definition) is 0. The monoisotopic (exact) mass is 498 g/mol. The maximum Gasteiger partial charge on any atom is 0.241 e. The molecule has 0 spiro atoms. The van der Waals surface area contributed by atoms with E-state index in [-0.39, 0.29) is 43.7 Å². The minimum absolute atomic E-state index is 0.0794. The number of pyridine rings is 1. The molecule has 0 radical (unpaired) electrons. The summed E-state index contributed by atoms with van der Waals surface area (Å²) in [4.78, 5) is 49.7. The number of nitrogens with zero attached hydrogens (tertiary/aromatic N) is 4. The number of hydrogen-bond acceptors (Lipinski definition) is 6. The number of aryl methyl sites for hydroxylation is 1. The minimum atomic E-state index is -1.30. The molecule has 2 fully saturated rings. The lowest BCUT2D eigenvalue weighted by Crippen LogP contribution is -2.51. The van der Waals surface area contributed by atoms with Gasteiger partial charge in [0.1, 0.15) is 0 Å². The first-order chi connectivity index (χ1) is 16.9. The van der Waals surface area contributed by atoms with Gasteiger partial charge >= 0.3 is 0 Å². The Morgan fingerprint density at radius 3 is 2.54 bits per heavy atom. The molecule has 3 amide bonds. The number of amides is 3. The minimum Gasteiger partial charge on any atom is -0.383 e. The summed E-state index contributed by atoms with van der Waals surface area (Å²) < 4.78 is 5.08.